The van der Waals surface area contributed by atoms with Gasteiger partial charge in [-0.25, -0.2) is 23.1 Å². The van der Waals surface area contributed by atoms with Gasteiger partial charge in [0.2, 0.25) is 16.0 Å². The van der Waals surface area contributed by atoms with Crippen LogP contribution in [0.1, 0.15) is 6.92 Å². The molecule has 1 aromatic carbocycles. The van der Waals surface area contributed by atoms with Gasteiger partial charge >= 0.3 is 0 Å². The van der Waals surface area contributed by atoms with Gasteiger partial charge in [-0.1, -0.05) is 31.2 Å². The van der Waals surface area contributed by atoms with E-state index in [9.17, 15) is 8.42 Å². The average Bonchev–Trinajstić information content (AvgIpc) is 2.62. The third kappa shape index (κ3) is 3.49. The molecule has 128 valence electrons. The SMILES string of the molecule is CCNS(=O)(=O)c1ccccc1-c1cccnc1-c1cnc(N)nc1. The molecule has 0 radical (unpaired) electrons. The zero-order chi connectivity index (χ0) is 17.9. The molecular formula is C17H17N5O2S. The summed E-state index contributed by atoms with van der Waals surface area (Å²) in [6.45, 7) is 2.05. The molecule has 0 unspecified atom stereocenters. The Balaban J connectivity index is 2.21. The molecule has 2 aromatic heterocycles. The molecule has 7 nitrogen and oxygen atoms in total. The monoisotopic (exact) mass is 355 g/mol. The summed E-state index contributed by atoms with van der Waals surface area (Å²) in [5, 5.41) is 0. The van der Waals surface area contributed by atoms with Crippen molar-refractivity contribution in [1.82, 2.24) is 19.7 Å². The number of rotatable bonds is 5. The van der Waals surface area contributed by atoms with E-state index in [-0.39, 0.29) is 10.8 Å². The number of sulfonamides is 1. The van der Waals surface area contributed by atoms with Crippen LogP contribution in [0.15, 0.2) is 59.9 Å². The van der Waals surface area contributed by atoms with Crippen LogP contribution >= 0.6 is 0 Å². The smallest absolute Gasteiger partial charge is 0.241 e. The predicted molar refractivity (Wildman–Crippen MR) is 96.0 cm³/mol. The van der Waals surface area contributed by atoms with E-state index in [0.717, 1.165) is 0 Å². The quantitative estimate of drug-likeness (QED) is 0.725. The van der Waals surface area contributed by atoms with E-state index >= 15 is 0 Å². The van der Waals surface area contributed by atoms with E-state index in [2.05, 4.69) is 19.7 Å². The van der Waals surface area contributed by atoms with Gasteiger partial charge in [-0.15, -0.1) is 0 Å². The van der Waals surface area contributed by atoms with E-state index < -0.39 is 10.0 Å². The zero-order valence-corrected chi connectivity index (χ0v) is 14.4. The highest BCUT2D eigenvalue weighted by Crippen LogP contribution is 2.33. The molecule has 3 N–H and O–H groups in total. The fourth-order valence-corrected chi connectivity index (χ4v) is 3.77. The molecule has 2 heterocycles. The first-order valence-electron chi connectivity index (χ1n) is 7.65. The number of hydrogen-bond acceptors (Lipinski definition) is 6. The molecule has 0 saturated carbocycles. The Bertz CT molecular complexity index is 988. The largest absolute Gasteiger partial charge is 0.368 e. The van der Waals surface area contributed by atoms with E-state index in [1.165, 1.54) is 0 Å². The summed E-state index contributed by atoms with van der Waals surface area (Å²) in [6.07, 6.45) is 4.77. The van der Waals surface area contributed by atoms with Crippen LogP contribution in [0, 0.1) is 0 Å². The molecular weight excluding hydrogens is 338 g/mol. The molecule has 0 aliphatic rings. The number of benzene rings is 1. The predicted octanol–water partition coefficient (Wildman–Crippen LogP) is 2.09. The lowest BCUT2D eigenvalue weighted by Gasteiger charge is -2.13. The molecule has 8 heteroatoms. The van der Waals surface area contributed by atoms with Gasteiger partial charge in [-0.2, -0.15) is 0 Å². The van der Waals surface area contributed by atoms with Crippen molar-refractivity contribution in [3.63, 3.8) is 0 Å². The first kappa shape index (κ1) is 17.0. The van der Waals surface area contributed by atoms with Crippen molar-refractivity contribution in [2.24, 2.45) is 0 Å². The summed E-state index contributed by atoms with van der Waals surface area (Å²) < 4.78 is 27.6. The van der Waals surface area contributed by atoms with Gasteiger partial charge in [-0.05, 0) is 12.1 Å². The molecule has 0 fully saturated rings. The second-order valence-electron chi connectivity index (χ2n) is 5.23. The fourth-order valence-electron chi connectivity index (χ4n) is 2.50. The normalized spacial score (nSPS) is 11.4. The van der Waals surface area contributed by atoms with Gasteiger partial charge in [-0.3, -0.25) is 4.98 Å². The Morgan fingerprint density at radius 2 is 1.68 bits per heavy atom. The van der Waals surface area contributed by atoms with Crippen LogP contribution in [-0.2, 0) is 10.0 Å². The van der Waals surface area contributed by atoms with E-state index in [1.807, 2.05) is 6.07 Å². The Kier molecular flexibility index (Phi) is 4.73. The molecule has 3 aromatic rings. The van der Waals surface area contributed by atoms with Crippen LogP contribution in [0.2, 0.25) is 0 Å². The number of hydrogen-bond donors (Lipinski definition) is 2. The maximum atomic E-state index is 12.5. The van der Waals surface area contributed by atoms with E-state index in [1.54, 1.807) is 55.8 Å². The Morgan fingerprint density at radius 1 is 1.00 bits per heavy atom. The lowest BCUT2D eigenvalue weighted by molar-refractivity contribution is 0.584. The maximum Gasteiger partial charge on any atom is 0.241 e. The molecule has 0 spiro atoms. The van der Waals surface area contributed by atoms with Crippen molar-refractivity contribution in [3.05, 3.63) is 55.0 Å². The standard InChI is InChI=1S/C17H17N5O2S/c1-2-22-25(23,24)15-8-4-3-6-13(15)14-7-5-9-19-16(14)12-10-20-17(18)21-11-12/h3-11,22H,2H2,1H3,(H2,18,20,21). The van der Waals surface area contributed by atoms with Gasteiger partial charge in [0.25, 0.3) is 0 Å². The molecule has 0 bridgehead atoms. The second-order valence-corrected chi connectivity index (χ2v) is 6.96. The lowest BCUT2D eigenvalue weighted by atomic mass is 10.0. The van der Waals surface area contributed by atoms with Crippen LogP contribution < -0.4 is 10.5 Å². The van der Waals surface area contributed by atoms with Gasteiger partial charge < -0.3 is 5.73 Å². The number of nitrogens with one attached hydrogen (secondary N) is 1. The minimum atomic E-state index is -3.62. The molecule has 0 aliphatic heterocycles. The molecule has 0 aliphatic carbocycles. The highest BCUT2D eigenvalue weighted by molar-refractivity contribution is 7.89. The molecule has 0 atom stereocenters. The van der Waals surface area contributed by atoms with Gasteiger partial charge in [0, 0.05) is 41.8 Å². The Morgan fingerprint density at radius 3 is 2.40 bits per heavy atom. The van der Waals surface area contributed by atoms with Gasteiger partial charge in [0.05, 0.1) is 10.6 Å². The van der Waals surface area contributed by atoms with Crippen LogP contribution in [-0.4, -0.2) is 29.9 Å². The Labute approximate surface area is 146 Å². The zero-order valence-electron chi connectivity index (χ0n) is 13.5. The summed E-state index contributed by atoms with van der Waals surface area (Å²) in [6, 6.07) is 10.4. The number of nitrogen functional groups attached to an aromatic ring is 1. The van der Waals surface area contributed by atoms with Crippen molar-refractivity contribution in [3.8, 4) is 22.4 Å². The van der Waals surface area contributed by atoms with Gasteiger partial charge in [0.1, 0.15) is 0 Å². The minimum Gasteiger partial charge on any atom is -0.368 e. The summed E-state index contributed by atoms with van der Waals surface area (Å²) in [5.74, 6) is 0.163. The first-order valence-corrected chi connectivity index (χ1v) is 9.13. The van der Waals surface area contributed by atoms with Crippen molar-refractivity contribution >= 4 is 16.0 Å². The molecule has 0 amide bonds. The minimum absolute atomic E-state index is 0.163. The first-order chi connectivity index (χ1) is 12.0. The number of nitrogens with zero attached hydrogens (tertiary/aromatic N) is 3. The summed E-state index contributed by atoms with van der Waals surface area (Å²) in [7, 11) is -3.62. The number of pyridine rings is 1. The van der Waals surface area contributed by atoms with Crippen molar-refractivity contribution < 1.29 is 8.42 Å². The third-order valence-corrected chi connectivity index (χ3v) is 5.16. The fraction of sp³-hybridized carbons (Fsp3) is 0.118. The maximum absolute atomic E-state index is 12.5. The van der Waals surface area contributed by atoms with Crippen LogP contribution in [0.5, 0.6) is 0 Å². The lowest BCUT2D eigenvalue weighted by Crippen LogP contribution is -2.23. The third-order valence-electron chi connectivity index (χ3n) is 3.55. The number of aromatic nitrogens is 3. The number of anilines is 1. The van der Waals surface area contributed by atoms with Crippen LogP contribution in [0.4, 0.5) is 5.95 Å². The highest BCUT2D eigenvalue weighted by Gasteiger charge is 2.20. The van der Waals surface area contributed by atoms with Crippen LogP contribution in [0.25, 0.3) is 22.4 Å². The average molecular weight is 355 g/mol. The molecule has 25 heavy (non-hydrogen) atoms. The summed E-state index contributed by atoms with van der Waals surface area (Å²) in [4.78, 5) is 12.6. The van der Waals surface area contributed by atoms with Gasteiger partial charge in [0.15, 0.2) is 0 Å². The van der Waals surface area contributed by atoms with E-state index in [0.29, 0.717) is 28.9 Å². The topological polar surface area (TPSA) is 111 Å². The molecule has 0 saturated heterocycles. The highest BCUT2D eigenvalue weighted by atomic mass is 32.2. The van der Waals surface area contributed by atoms with Crippen LogP contribution in [0.3, 0.4) is 0 Å². The Hall–Kier alpha value is -2.84. The number of nitrogens with two attached hydrogens (primary N) is 1. The van der Waals surface area contributed by atoms with E-state index in [4.69, 9.17) is 5.73 Å². The van der Waals surface area contributed by atoms with Crippen molar-refractivity contribution in [2.75, 3.05) is 12.3 Å². The summed E-state index contributed by atoms with van der Waals surface area (Å²) >= 11 is 0. The van der Waals surface area contributed by atoms with Crippen molar-refractivity contribution in [2.45, 2.75) is 11.8 Å². The molecule has 3 rings (SSSR count). The summed E-state index contributed by atoms with van der Waals surface area (Å²) in [5.41, 5.74) is 8.01. The van der Waals surface area contributed by atoms with Crippen molar-refractivity contribution in [1.29, 1.82) is 0 Å². The second kappa shape index (κ2) is 6.96.